The normalized spacial score (nSPS) is 16.2. The predicted octanol–water partition coefficient (Wildman–Crippen LogP) is 11.1. The fourth-order valence-electron chi connectivity index (χ4n) is 8.45. The van der Waals surface area contributed by atoms with Gasteiger partial charge in [0.15, 0.2) is 0 Å². The van der Waals surface area contributed by atoms with Gasteiger partial charge in [-0.3, -0.25) is 0 Å². The van der Waals surface area contributed by atoms with E-state index in [2.05, 4.69) is 172 Å². The zero-order valence-corrected chi connectivity index (χ0v) is 36.5. The van der Waals surface area contributed by atoms with Gasteiger partial charge in [0.25, 0.3) is 0 Å². The van der Waals surface area contributed by atoms with E-state index >= 15 is 0 Å². The Morgan fingerprint density at radius 2 is 0.564 bits per heavy atom. The third kappa shape index (κ3) is 5.90. The fraction of sp³-hybridized carbons (Fsp3) is 0.130. The molecular weight excluding hydrogens is 847 g/mol. The summed E-state index contributed by atoms with van der Waals surface area (Å²) in [4.78, 5) is 0. The first-order chi connectivity index (χ1) is 26.4. The molecule has 280 valence electrons. The number of hydrogen-bond donors (Lipinski definition) is 0. The van der Waals surface area contributed by atoms with Crippen molar-refractivity contribution in [3.63, 3.8) is 0 Å². The maximum atomic E-state index is 6.56. The molecule has 0 saturated carbocycles. The van der Waals surface area contributed by atoms with Crippen LogP contribution in [0.3, 0.4) is 0 Å². The summed E-state index contributed by atoms with van der Waals surface area (Å²) in [6.07, 6.45) is 2.96. The summed E-state index contributed by atoms with van der Waals surface area (Å²) in [5.74, 6) is 3.81. The van der Waals surface area contributed by atoms with Crippen molar-refractivity contribution in [1.82, 2.24) is 0 Å². The van der Waals surface area contributed by atoms with E-state index in [1.807, 2.05) is 0 Å². The number of fused-ring (bicyclic) bond motifs is 4. The summed E-state index contributed by atoms with van der Waals surface area (Å²) in [6, 6.07) is 50.7. The molecule has 4 heterocycles. The second-order valence-electron chi connectivity index (χ2n) is 14.9. The van der Waals surface area contributed by atoms with Crippen LogP contribution in [0.15, 0.2) is 146 Å². The van der Waals surface area contributed by atoms with E-state index in [0.717, 1.165) is 23.0 Å². The first kappa shape index (κ1) is 37.0. The van der Waals surface area contributed by atoms with Crippen LogP contribution in [0.2, 0.25) is 0 Å². The van der Waals surface area contributed by atoms with E-state index in [4.69, 9.17) is 18.1 Å². The van der Waals surface area contributed by atoms with Gasteiger partial charge in [-0.15, -0.1) is 15.8 Å². The van der Waals surface area contributed by atoms with Crippen LogP contribution in [0.1, 0.15) is 0 Å². The van der Waals surface area contributed by atoms with Crippen molar-refractivity contribution in [3.05, 3.63) is 146 Å². The summed E-state index contributed by atoms with van der Waals surface area (Å²) in [6.45, 7) is 9.42. The van der Waals surface area contributed by atoms with Gasteiger partial charge in [-0.25, -0.2) is 0 Å². The second kappa shape index (κ2) is 14.4. The molecule has 0 unspecified atom stereocenters. The van der Waals surface area contributed by atoms with Gasteiger partial charge in [0.05, 0.1) is 0 Å². The Kier molecular flexibility index (Phi) is 9.68. The van der Waals surface area contributed by atoms with Crippen LogP contribution >= 0.6 is 31.3 Å². The molecule has 0 bridgehead atoms. The summed E-state index contributed by atoms with van der Waals surface area (Å²) in [5, 5.41) is 14.7. The minimum atomic E-state index is -2.68. The molecule has 4 aliphatic heterocycles. The average molecular weight is 889 g/mol. The van der Waals surface area contributed by atoms with Gasteiger partial charge >= 0.3 is 266 Å². The van der Waals surface area contributed by atoms with Crippen LogP contribution in [0, 0.1) is 0 Å². The predicted molar refractivity (Wildman–Crippen MR) is 241 cm³/mol. The molecular formula is C46H42O4P4Pd. The van der Waals surface area contributed by atoms with Crippen molar-refractivity contribution in [3.8, 4) is 23.0 Å². The van der Waals surface area contributed by atoms with E-state index in [-0.39, 0.29) is 20.4 Å². The Labute approximate surface area is 339 Å². The van der Waals surface area contributed by atoms with Gasteiger partial charge in [0.1, 0.15) is 0 Å². The quantitative estimate of drug-likeness (QED) is 0.131. The molecule has 0 aliphatic carbocycles. The third-order valence-electron chi connectivity index (χ3n) is 10.9. The Bertz CT molecular complexity index is 2390. The molecule has 0 N–H and O–H groups in total. The molecule has 0 fully saturated rings. The van der Waals surface area contributed by atoms with Crippen molar-refractivity contribution in [2.24, 2.45) is 0 Å². The first-order valence-corrected chi connectivity index (χ1v) is 27.0. The minimum absolute atomic E-state index is 0. The number of benzene rings is 8. The molecule has 0 aromatic heterocycles. The van der Waals surface area contributed by atoms with Crippen molar-refractivity contribution >= 4 is 95.6 Å². The second-order valence-corrected chi connectivity index (χ2v) is 25.5. The van der Waals surface area contributed by atoms with Gasteiger partial charge in [-0.05, 0) is 39.0 Å². The van der Waals surface area contributed by atoms with E-state index < -0.39 is 15.4 Å². The number of rotatable bonds is 3. The van der Waals surface area contributed by atoms with E-state index in [9.17, 15) is 0 Å². The molecule has 0 saturated heterocycles. The van der Waals surface area contributed by atoms with Crippen LogP contribution in [0.4, 0.5) is 0 Å². The molecule has 55 heavy (non-hydrogen) atoms. The Hall–Kier alpha value is -3.62. The first-order valence-electron chi connectivity index (χ1n) is 18.5. The van der Waals surface area contributed by atoms with E-state index in [1.165, 1.54) is 76.6 Å². The maximum absolute atomic E-state index is 6.56. The topological polar surface area (TPSA) is 36.9 Å². The molecule has 0 radical (unpaired) electrons. The molecule has 2 spiro atoms. The van der Waals surface area contributed by atoms with E-state index in [1.54, 1.807) is 0 Å². The zero-order chi connectivity index (χ0) is 36.6. The van der Waals surface area contributed by atoms with Crippen LogP contribution < -0.4 is 39.3 Å². The van der Waals surface area contributed by atoms with Crippen molar-refractivity contribution in [2.45, 2.75) is 0 Å². The van der Waals surface area contributed by atoms with Crippen LogP contribution in [0.5, 0.6) is 23.0 Å². The summed E-state index contributed by atoms with van der Waals surface area (Å²) in [5.41, 5.74) is 0. The van der Waals surface area contributed by atoms with Gasteiger partial charge in [-0.1, -0.05) is 0 Å². The van der Waals surface area contributed by atoms with E-state index in [0.29, 0.717) is 15.8 Å². The zero-order valence-electron chi connectivity index (χ0n) is 31.1. The van der Waals surface area contributed by atoms with Crippen LogP contribution in [-0.2, 0) is 20.4 Å². The van der Waals surface area contributed by atoms with Crippen molar-refractivity contribution in [2.75, 3.05) is 39.0 Å². The van der Waals surface area contributed by atoms with Crippen LogP contribution in [-0.4, -0.2) is 39.0 Å². The van der Waals surface area contributed by atoms with Gasteiger partial charge in [0, 0.05) is 20.4 Å². The Morgan fingerprint density at radius 1 is 0.345 bits per heavy atom. The Morgan fingerprint density at radius 3 is 0.782 bits per heavy atom. The summed E-state index contributed by atoms with van der Waals surface area (Å²) < 4.78 is 26.2. The summed E-state index contributed by atoms with van der Waals surface area (Å²) >= 11 is 0. The molecule has 4 aliphatic rings. The molecule has 8 aromatic rings. The molecule has 12 rings (SSSR count). The standard InChI is InChI=1S/2C20H13O2P.C6H16P2.Pd/c2*1-5-13-7-3-11-17-19(13)15(9-1)21-23(17)18-12-4-8-14-6-2-10-16(22-23)20(14)18;1-7(2)5-6-8(3)4;/h2*1-12,23H;5-6H2,1-4H3;. The fourth-order valence-corrected chi connectivity index (χ4v) is 18.8. The monoisotopic (exact) mass is 888 g/mol. The van der Waals surface area contributed by atoms with Gasteiger partial charge in [-0.2, -0.15) is 0 Å². The molecule has 0 atom stereocenters. The average Bonchev–Trinajstić information content (AvgIpc) is 3.90. The van der Waals surface area contributed by atoms with Crippen LogP contribution in [0.25, 0.3) is 43.1 Å². The van der Waals surface area contributed by atoms with Gasteiger partial charge in [0.2, 0.25) is 0 Å². The Balaban J connectivity index is 0.000000120. The summed E-state index contributed by atoms with van der Waals surface area (Å²) in [7, 11) is -4.59. The van der Waals surface area contributed by atoms with Crippen molar-refractivity contribution < 1.29 is 38.5 Å². The molecule has 8 aromatic carbocycles. The molecule has 0 amide bonds. The van der Waals surface area contributed by atoms with Crippen molar-refractivity contribution in [1.29, 1.82) is 0 Å². The van der Waals surface area contributed by atoms with Gasteiger partial charge < -0.3 is 0 Å². The SMILES string of the molecule is CP(C)CCP(C)C.[Pd].c1cc2c3c(cccc3c1)[PH]1(O2)Oc2cccc3cccc1c23.c1cc2c3c(cccc3c1)[PH]1(O2)Oc2cccc3cccc1c23. The number of hydrogen-bond acceptors (Lipinski definition) is 4. The molecule has 9 heteroatoms. The third-order valence-corrected chi connectivity index (χ3v) is 20.0. The molecule has 4 nitrogen and oxygen atoms in total.